The predicted octanol–water partition coefficient (Wildman–Crippen LogP) is 1.50. The van der Waals surface area contributed by atoms with Crippen LogP contribution in [-0.4, -0.2) is 22.9 Å². The van der Waals surface area contributed by atoms with Crippen LogP contribution in [0.4, 0.5) is 0 Å². The van der Waals surface area contributed by atoms with Crippen LogP contribution in [0.2, 0.25) is 0 Å². The largest absolute Gasteiger partial charge is 0.314 e. The van der Waals surface area contributed by atoms with E-state index in [0.717, 1.165) is 13.0 Å². The van der Waals surface area contributed by atoms with Crippen LogP contribution in [0.1, 0.15) is 27.2 Å². The van der Waals surface area contributed by atoms with Crippen LogP contribution in [0.25, 0.3) is 0 Å². The van der Waals surface area contributed by atoms with Crippen molar-refractivity contribution in [2.75, 3.05) is 6.54 Å². The van der Waals surface area contributed by atoms with Crippen molar-refractivity contribution in [3.05, 3.63) is 0 Å². The van der Waals surface area contributed by atoms with E-state index in [4.69, 9.17) is 5.21 Å². The third-order valence-electron chi connectivity index (χ3n) is 1.42. The molecule has 0 aliphatic heterocycles. The smallest absolute Gasteiger partial charge is 0.0319 e. The highest BCUT2D eigenvalue weighted by molar-refractivity contribution is 4.52. The summed E-state index contributed by atoms with van der Waals surface area (Å²) in [5.41, 5.74) is 0. The maximum Gasteiger partial charge on any atom is 0.0319 e. The molecule has 0 aromatic carbocycles. The van der Waals surface area contributed by atoms with E-state index in [1.165, 1.54) is 5.06 Å². The van der Waals surface area contributed by atoms with Crippen molar-refractivity contribution in [3.8, 4) is 0 Å². The zero-order valence-corrected chi connectivity index (χ0v) is 5.89. The van der Waals surface area contributed by atoms with Gasteiger partial charge in [0.2, 0.25) is 0 Å². The Balaban J connectivity index is 3.29. The lowest BCUT2D eigenvalue weighted by Crippen LogP contribution is -2.28. The molecule has 1 N–H and O–H groups in total. The van der Waals surface area contributed by atoms with E-state index in [1.807, 2.05) is 13.8 Å². The fourth-order valence-corrected chi connectivity index (χ4v) is 0.522. The second-order valence-electron chi connectivity index (χ2n) is 2.01. The third-order valence-corrected chi connectivity index (χ3v) is 1.42. The van der Waals surface area contributed by atoms with Crippen molar-refractivity contribution < 1.29 is 5.21 Å². The molecule has 0 aliphatic carbocycles. The first-order valence-electron chi connectivity index (χ1n) is 3.17. The molecule has 0 unspecified atom stereocenters. The van der Waals surface area contributed by atoms with E-state index >= 15 is 0 Å². The Kier molecular flexibility index (Phi) is 3.83. The van der Waals surface area contributed by atoms with Crippen molar-refractivity contribution in [2.45, 2.75) is 33.2 Å². The first-order valence-corrected chi connectivity index (χ1v) is 3.17. The fourth-order valence-electron chi connectivity index (χ4n) is 0.522. The average Bonchev–Trinajstić information content (AvgIpc) is 1.84. The molecule has 1 atom stereocenters. The number of nitrogens with zero attached hydrogens (tertiary/aromatic N) is 1. The van der Waals surface area contributed by atoms with Gasteiger partial charge in [0.25, 0.3) is 0 Å². The lowest BCUT2D eigenvalue weighted by molar-refractivity contribution is -0.118. The number of hydroxylamine groups is 2. The molecule has 8 heavy (non-hydrogen) atoms. The Hall–Kier alpha value is -0.0800. The van der Waals surface area contributed by atoms with E-state index in [9.17, 15) is 0 Å². The van der Waals surface area contributed by atoms with Gasteiger partial charge in [0.05, 0.1) is 0 Å². The fraction of sp³-hybridized carbons (Fsp3) is 1.00. The normalized spacial score (nSPS) is 14.6. The first kappa shape index (κ1) is 7.92. The molecule has 0 aliphatic rings. The van der Waals surface area contributed by atoms with Crippen molar-refractivity contribution in [1.82, 2.24) is 5.06 Å². The molecule has 50 valence electrons. The summed E-state index contributed by atoms with van der Waals surface area (Å²) in [6.07, 6.45) is 1.00. The second kappa shape index (κ2) is 3.87. The molecule has 0 spiro atoms. The SMILES string of the molecule is CC[C@@H](C)N(O)CC. The van der Waals surface area contributed by atoms with Crippen LogP contribution in [-0.2, 0) is 0 Å². The van der Waals surface area contributed by atoms with Gasteiger partial charge in [0.15, 0.2) is 0 Å². The van der Waals surface area contributed by atoms with Gasteiger partial charge in [0.1, 0.15) is 0 Å². The highest BCUT2D eigenvalue weighted by atomic mass is 16.5. The van der Waals surface area contributed by atoms with E-state index in [1.54, 1.807) is 0 Å². The third kappa shape index (κ3) is 2.28. The Morgan fingerprint density at radius 3 is 2.12 bits per heavy atom. The van der Waals surface area contributed by atoms with Gasteiger partial charge >= 0.3 is 0 Å². The van der Waals surface area contributed by atoms with Crippen molar-refractivity contribution in [3.63, 3.8) is 0 Å². The van der Waals surface area contributed by atoms with E-state index < -0.39 is 0 Å². The van der Waals surface area contributed by atoms with E-state index in [0.29, 0.717) is 6.04 Å². The van der Waals surface area contributed by atoms with Gasteiger partial charge in [-0.1, -0.05) is 13.8 Å². The Morgan fingerprint density at radius 1 is 1.50 bits per heavy atom. The van der Waals surface area contributed by atoms with Gasteiger partial charge in [-0.3, -0.25) is 0 Å². The highest BCUT2D eigenvalue weighted by Gasteiger charge is 2.03. The van der Waals surface area contributed by atoms with Gasteiger partial charge in [-0.15, -0.1) is 0 Å². The highest BCUT2D eigenvalue weighted by Crippen LogP contribution is 1.96. The average molecular weight is 117 g/mol. The van der Waals surface area contributed by atoms with Crippen LogP contribution in [0.5, 0.6) is 0 Å². The molecule has 0 rings (SSSR count). The van der Waals surface area contributed by atoms with Crippen LogP contribution in [0, 0.1) is 0 Å². The van der Waals surface area contributed by atoms with E-state index in [-0.39, 0.29) is 0 Å². The van der Waals surface area contributed by atoms with Crippen molar-refractivity contribution in [2.24, 2.45) is 0 Å². The maximum atomic E-state index is 8.96. The number of rotatable bonds is 3. The summed E-state index contributed by atoms with van der Waals surface area (Å²) in [4.78, 5) is 0. The van der Waals surface area contributed by atoms with E-state index in [2.05, 4.69) is 6.92 Å². The summed E-state index contributed by atoms with van der Waals surface area (Å²) < 4.78 is 0. The number of hydrogen-bond donors (Lipinski definition) is 1. The first-order chi connectivity index (χ1) is 3.72. The van der Waals surface area contributed by atoms with Crippen LogP contribution >= 0.6 is 0 Å². The maximum absolute atomic E-state index is 8.96. The van der Waals surface area contributed by atoms with Crippen LogP contribution in [0.3, 0.4) is 0 Å². The summed E-state index contributed by atoms with van der Waals surface area (Å²) in [7, 11) is 0. The molecule has 0 aromatic heterocycles. The molecule has 0 saturated heterocycles. The number of hydrogen-bond acceptors (Lipinski definition) is 2. The molecule has 0 aromatic rings. The minimum absolute atomic E-state index is 0.306. The monoisotopic (exact) mass is 117 g/mol. The summed E-state index contributed by atoms with van der Waals surface area (Å²) in [5.74, 6) is 0. The summed E-state index contributed by atoms with van der Waals surface area (Å²) in [6, 6.07) is 0.306. The molecule has 0 saturated carbocycles. The quantitative estimate of drug-likeness (QED) is 0.566. The van der Waals surface area contributed by atoms with Gasteiger partial charge in [-0.2, -0.15) is 5.06 Å². The lowest BCUT2D eigenvalue weighted by Gasteiger charge is -2.18. The molecule has 0 radical (unpaired) electrons. The van der Waals surface area contributed by atoms with Crippen LogP contribution in [0.15, 0.2) is 0 Å². The molecule has 0 fully saturated rings. The van der Waals surface area contributed by atoms with Crippen molar-refractivity contribution in [1.29, 1.82) is 0 Å². The topological polar surface area (TPSA) is 23.5 Å². The molecule has 0 heterocycles. The summed E-state index contributed by atoms with van der Waals surface area (Å²) >= 11 is 0. The van der Waals surface area contributed by atoms with Crippen molar-refractivity contribution >= 4 is 0 Å². The standard InChI is InChI=1S/C6H15NO/c1-4-6(3)7(8)5-2/h6,8H,4-5H2,1-3H3/t6-/m1/s1. The Labute approximate surface area is 51.1 Å². The molecule has 2 nitrogen and oxygen atoms in total. The molecular weight excluding hydrogens is 102 g/mol. The predicted molar refractivity (Wildman–Crippen MR) is 33.9 cm³/mol. The zero-order valence-electron chi connectivity index (χ0n) is 5.89. The van der Waals surface area contributed by atoms with Crippen LogP contribution < -0.4 is 0 Å². The Bertz CT molecular complexity index is 48.5. The minimum atomic E-state index is 0.306. The molecule has 0 amide bonds. The van der Waals surface area contributed by atoms with Gasteiger partial charge in [0, 0.05) is 12.6 Å². The molecule has 0 bridgehead atoms. The van der Waals surface area contributed by atoms with Gasteiger partial charge in [-0.25, -0.2) is 0 Å². The summed E-state index contributed by atoms with van der Waals surface area (Å²) in [6.45, 7) is 6.72. The van der Waals surface area contributed by atoms with Gasteiger partial charge < -0.3 is 5.21 Å². The molecular formula is C6H15NO. The second-order valence-corrected chi connectivity index (χ2v) is 2.01. The summed E-state index contributed by atoms with van der Waals surface area (Å²) in [5, 5.41) is 10.3. The zero-order chi connectivity index (χ0) is 6.57. The minimum Gasteiger partial charge on any atom is -0.314 e. The lowest BCUT2D eigenvalue weighted by atomic mass is 10.2. The molecule has 2 heteroatoms. The van der Waals surface area contributed by atoms with Gasteiger partial charge in [-0.05, 0) is 13.3 Å². The Morgan fingerprint density at radius 2 is 2.00 bits per heavy atom.